The number of carbonyl (C=O) groups excluding carboxylic acids is 4. The Bertz CT molecular complexity index is 1070. The Labute approximate surface area is 210 Å². The summed E-state index contributed by atoms with van der Waals surface area (Å²) in [6, 6.07) is 5.98. The fraction of sp³-hybridized carbons (Fsp3) is 0.455. The third-order valence-corrected chi connectivity index (χ3v) is 8.54. The van der Waals surface area contributed by atoms with E-state index in [0.29, 0.717) is 24.2 Å². The summed E-state index contributed by atoms with van der Waals surface area (Å²) in [5.41, 5.74) is 1.27. The van der Waals surface area contributed by atoms with E-state index in [0.717, 1.165) is 11.2 Å². The molecule has 3 heterocycles. The van der Waals surface area contributed by atoms with Gasteiger partial charge in [-0.3, -0.25) is 14.4 Å². The zero-order valence-corrected chi connectivity index (χ0v) is 21.4. The van der Waals surface area contributed by atoms with E-state index in [1.807, 2.05) is 6.92 Å². The van der Waals surface area contributed by atoms with Crippen LogP contribution in [0.15, 0.2) is 34.9 Å². The number of benzene rings is 1. The van der Waals surface area contributed by atoms with Crippen molar-refractivity contribution in [3.8, 4) is 0 Å². The van der Waals surface area contributed by atoms with Crippen molar-refractivity contribution in [1.29, 1.82) is 0 Å². The molecule has 2 saturated heterocycles. The topological polar surface area (TPSA) is 137 Å². The van der Waals surface area contributed by atoms with Gasteiger partial charge in [0.15, 0.2) is 7.98 Å². The number of hydrogen-bond acceptors (Lipinski definition) is 9. The van der Waals surface area contributed by atoms with Gasteiger partial charge in [-0.1, -0.05) is 19.1 Å². The molecule has 4 rings (SSSR count). The number of β-lactam (4-membered cyclic amide) rings is 1. The van der Waals surface area contributed by atoms with Crippen LogP contribution in [-0.4, -0.2) is 72.0 Å². The molecule has 3 aliphatic heterocycles. The van der Waals surface area contributed by atoms with E-state index in [2.05, 4.69) is 15.6 Å². The van der Waals surface area contributed by atoms with E-state index in [-0.39, 0.29) is 43.7 Å². The Morgan fingerprint density at radius 3 is 2.89 bits per heavy atom. The Hall–Kier alpha value is -2.24. The predicted octanol–water partition coefficient (Wildman–Crippen LogP) is 0.160. The molecule has 13 heteroatoms. The fourth-order valence-electron chi connectivity index (χ4n) is 4.91. The SMILES string of the molecule is BNPOC(=O)C1=C(S[C@@H]2CN[C@H](C(=O)Nc3cccc(C=O)c3)C2)[C@H](C)[C@@H]2[C@@H]([C@@H](C)O)C(=O)N12. The van der Waals surface area contributed by atoms with Crippen molar-refractivity contribution in [1.82, 2.24) is 15.2 Å². The molecule has 4 N–H and O–H groups in total. The van der Waals surface area contributed by atoms with Crippen molar-refractivity contribution in [2.45, 2.75) is 43.7 Å². The first-order valence-corrected chi connectivity index (χ1v) is 13.2. The summed E-state index contributed by atoms with van der Waals surface area (Å²) in [6.07, 6.45) is 0.437. The molecule has 7 atom stereocenters. The maximum Gasteiger partial charge on any atom is 0.359 e. The van der Waals surface area contributed by atoms with Gasteiger partial charge >= 0.3 is 5.97 Å². The van der Waals surface area contributed by atoms with E-state index in [1.54, 1.807) is 39.2 Å². The summed E-state index contributed by atoms with van der Waals surface area (Å²) in [6.45, 7) is 4.09. The predicted molar refractivity (Wildman–Crippen MR) is 136 cm³/mol. The number of aliphatic hydroxyl groups excluding tert-OH is 1. The quantitative estimate of drug-likeness (QED) is 0.156. The van der Waals surface area contributed by atoms with Gasteiger partial charge in [0, 0.05) is 33.9 Å². The Balaban J connectivity index is 1.47. The van der Waals surface area contributed by atoms with Crippen LogP contribution in [0.5, 0.6) is 0 Å². The monoisotopic (exact) mass is 518 g/mol. The summed E-state index contributed by atoms with van der Waals surface area (Å²) >= 11 is 1.49. The number of hydrogen-bond donors (Lipinski definition) is 4. The molecule has 0 saturated carbocycles. The normalized spacial score (nSPS) is 28.7. The van der Waals surface area contributed by atoms with Gasteiger partial charge < -0.3 is 30.2 Å². The smallest absolute Gasteiger partial charge is 0.359 e. The third kappa shape index (κ3) is 5.03. The number of aldehydes is 1. The van der Waals surface area contributed by atoms with Gasteiger partial charge in [-0.2, -0.15) is 0 Å². The van der Waals surface area contributed by atoms with Gasteiger partial charge in [-0.25, -0.2) is 4.79 Å². The van der Waals surface area contributed by atoms with E-state index < -0.39 is 24.0 Å². The standard InChI is InChI=1S/C22H28BN4O6PS/c1-10-17-16(11(2)29)21(31)27(17)18(22(32)33-34-26-23)19(10)35-14-7-15(24-8-14)20(30)25-13-5-3-4-12(6-13)9-28/h3-6,9-11,14-17,24,26,29,34H,7-8,23H2,1-2H3,(H,25,30)/t10-,11-,14+,15+,16-,17-/m1/s1. The van der Waals surface area contributed by atoms with E-state index >= 15 is 0 Å². The number of nitrogens with one attached hydrogen (secondary N) is 3. The zero-order chi connectivity index (χ0) is 25.3. The second-order valence-electron chi connectivity index (χ2n) is 8.88. The average molecular weight is 518 g/mol. The molecule has 3 aliphatic rings. The van der Waals surface area contributed by atoms with Crippen molar-refractivity contribution in [2.75, 3.05) is 11.9 Å². The number of aliphatic hydroxyl groups is 1. The Morgan fingerprint density at radius 1 is 1.43 bits per heavy atom. The summed E-state index contributed by atoms with van der Waals surface area (Å²) in [7, 11) is 1.43. The van der Waals surface area contributed by atoms with Crippen LogP contribution in [0.1, 0.15) is 30.6 Å². The number of rotatable bonds is 9. The number of carbonyl (C=O) groups is 4. The van der Waals surface area contributed by atoms with Crippen LogP contribution in [0, 0.1) is 11.8 Å². The molecule has 1 aromatic rings. The minimum atomic E-state index is -0.814. The summed E-state index contributed by atoms with van der Waals surface area (Å²) in [4.78, 5) is 54.4. The molecule has 1 unspecified atom stereocenters. The van der Waals surface area contributed by atoms with E-state index in [9.17, 15) is 24.3 Å². The lowest BCUT2D eigenvalue weighted by atomic mass is 9.79. The highest BCUT2D eigenvalue weighted by Crippen LogP contribution is 2.52. The van der Waals surface area contributed by atoms with Gasteiger partial charge in [-0.15, -0.1) is 11.8 Å². The Kier molecular flexibility index (Phi) is 7.97. The molecular weight excluding hydrogens is 490 g/mol. The number of amides is 2. The van der Waals surface area contributed by atoms with Gasteiger partial charge in [-0.05, 0) is 25.5 Å². The second-order valence-corrected chi connectivity index (χ2v) is 11.1. The summed E-state index contributed by atoms with van der Waals surface area (Å²) in [5, 5.41) is 16.2. The summed E-state index contributed by atoms with van der Waals surface area (Å²) in [5.74, 6) is -1.74. The lowest BCUT2D eigenvalue weighted by Crippen LogP contribution is -2.63. The van der Waals surface area contributed by atoms with Crippen LogP contribution >= 0.6 is 20.7 Å². The van der Waals surface area contributed by atoms with Crippen molar-refractivity contribution < 1.29 is 28.8 Å². The van der Waals surface area contributed by atoms with Gasteiger partial charge in [0.2, 0.25) is 11.8 Å². The average Bonchev–Trinajstić information content (AvgIpc) is 3.39. The minimum Gasteiger partial charge on any atom is -0.428 e. The highest BCUT2D eigenvalue weighted by molar-refractivity contribution is 8.03. The number of thioether (sulfide) groups is 1. The van der Waals surface area contributed by atoms with E-state index in [4.69, 9.17) is 4.52 Å². The lowest BCUT2D eigenvalue weighted by Gasteiger charge is -2.46. The van der Waals surface area contributed by atoms with Crippen LogP contribution in [0.4, 0.5) is 5.69 Å². The molecular formula is C22H28BN4O6PS. The van der Waals surface area contributed by atoms with Crippen molar-refractivity contribution in [3.63, 3.8) is 0 Å². The van der Waals surface area contributed by atoms with Crippen LogP contribution in [0.25, 0.3) is 0 Å². The van der Waals surface area contributed by atoms with Gasteiger partial charge in [0.05, 0.1) is 24.1 Å². The maximum atomic E-state index is 12.9. The Morgan fingerprint density at radius 2 is 2.20 bits per heavy atom. The highest BCUT2D eigenvalue weighted by Gasteiger charge is 2.60. The summed E-state index contributed by atoms with van der Waals surface area (Å²) < 4.78 is 5.31. The molecule has 1 aromatic carbocycles. The van der Waals surface area contributed by atoms with Gasteiger partial charge in [0.1, 0.15) is 20.9 Å². The number of fused-ring (bicyclic) bond motifs is 1. The van der Waals surface area contributed by atoms with Crippen LogP contribution in [0.2, 0.25) is 0 Å². The molecule has 0 spiro atoms. The van der Waals surface area contributed by atoms with Gasteiger partial charge in [0.25, 0.3) is 0 Å². The molecule has 10 nitrogen and oxygen atoms in total. The third-order valence-electron chi connectivity index (χ3n) is 6.54. The molecule has 186 valence electrons. The highest BCUT2D eigenvalue weighted by atomic mass is 32.2. The molecule has 2 fully saturated rings. The van der Waals surface area contributed by atoms with Crippen molar-refractivity contribution in [2.24, 2.45) is 11.8 Å². The molecule has 0 bridgehead atoms. The van der Waals surface area contributed by atoms with Crippen molar-refractivity contribution >= 4 is 58.5 Å². The van der Waals surface area contributed by atoms with Crippen LogP contribution < -0.4 is 15.6 Å². The number of nitrogens with zero attached hydrogens (tertiary/aromatic N) is 1. The molecule has 35 heavy (non-hydrogen) atoms. The first-order chi connectivity index (χ1) is 16.8. The van der Waals surface area contributed by atoms with Crippen molar-refractivity contribution in [3.05, 3.63) is 40.4 Å². The fourth-order valence-corrected chi connectivity index (χ4v) is 6.67. The molecule has 0 radical (unpaired) electrons. The number of anilines is 1. The first-order valence-electron chi connectivity index (χ1n) is 11.4. The molecule has 0 aliphatic carbocycles. The zero-order valence-electron chi connectivity index (χ0n) is 19.6. The van der Waals surface area contributed by atoms with E-state index in [1.165, 1.54) is 16.7 Å². The largest absolute Gasteiger partial charge is 0.428 e. The first kappa shape index (κ1) is 25.8. The minimum absolute atomic E-state index is 0.00198. The maximum absolute atomic E-state index is 12.9. The second kappa shape index (κ2) is 10.8. The molecule has 2 amide bonds. The van der Waals surface area contributed by atoms with Crippen LogP contribution in [-0.2, 0) is 18.9 Å². The lowest BCUT2D eigenvalue weighted by molar-refractivity contribution is -0.162. The molecule has 0 aromatic heterocycles. The van der Waals surface area contributed by atoms with Crippen LogP contribution in [0.3, 0.4) is 0 Å².